The molecule has 0 aliphatic heterocycles. The summed E-state index contributed by atoms with van der Waals surface area (Å²) in [6.45, 7) is -0.0739. The van der Waals surface area contributed by atoms with Gasteiger partial charge in [0.2, 0.25) is 10.0 Å². The normalized spacial score (nSPS) is 11.7. The maximum absolute atomic E-state index is 13.5. The van der Waals surface area contributed by atoms with Crippen LogP contribution >= 0.6 is 0 Å². The number of nitrogens with one attached hydrogen (secondary N) is 1. The Balaban J connectivity index is 2.27. The quantitative estimate of drug-likeness (QED) is 0.837. The summed E-state index contributed by atoms with van der Waals surface area (Å²) in [6, 6.07) is 2.72. The average Bonchev–Trinajstić information content (AvgIpc) is 2.84. The third-order valence-corrected chi connectivity index (χ3v) is 3.80. The number of benzene rings is 1. The van der Waals surface area contributed by atoms with E-state index >= 15 is 0 Å². The van der Waals surface area contributed by atoms with Crippen molar-refractivity contribution in [1.29, 1.82) is 0 Å². The Labute approximate surface area is 108 Å². The Kier molecular flexibility index (Phi) is 3.54. The molecular formula is C11H10F2N2O3S. The summed E-state index contributed by atoms with van der Waals surface area (Å²) < 4.78 is 57.1. The second-order valence-corrected chi connectivity index (χ2v) is 5.50. The van der Waals surface area contributed by atoms with E-state index in [0.29, 0.717) is 11.6 Å². The van der Waals surface area contributed by atoms with Gasteiger partial charge in [-0.15, -0.1) is 0 Å². The summed E-state index contributed by atoms with van der Waals surface area (Å²) in [5.74, 6) is -2.21. The van der Waals surface area contributed by atoms with Crippen LogP contribution in [0.3, 0.4) is 0 Å². The van der Waals surface area contributed by atoms with E-state index in [4.69, 9.17) is 10.2 Å². The number of nitrogen functional groups attached to an aromatic ring is 1. The molecule has 0 fully saturated rings. The van der Waals surface area contributed by atoms with E-state index in [-0.39, 0.29) is 6.54 Å². The van der Waals surface area contributed by atoms with Crippen molar-refractivity contribution in [2.75, 3.05) is 5.73 Å². The van der Waals surface area contributed by atoms with E-state index in [2.05, 4.69) is 4.72 Å². The largest absolute Gasteiger partial charge is 0.472 e. The van der Waals surface area contributed by atoms with Crippen LogP contribution in [0.2, 0.25) is 0 Å². The molecule has 0 spiro atoms. The second-order valence-electron chi connectivity index (χ2n) is 3.76. The SMILES string of the molecule is Nc1cc(S(=O)(=O)NCc2ccoc2)c(F)cc1F. The van der Waals surface area contributed by atoms with E-state index < -0.39 is 32.2 Å². The molecule has 3 N–H and O–H groups in total. The van der Waals surface area contributed by atoms with Gasteiger partial charge in [-0.1, -0.05) is 0 Å². The molecule has 0 amide bonds. The van der Waals surface area contributed by atoms with Crippen LogP contribution in [-0.2, 0) is 16.6 Å². The smallest absolute Gasteiger partial charge is 0.243 e. The van der Waals surface area contributed by atoms with Gasteiger partial charge in [-0.2, -0.15) is 0 Å². The lowest BCUT2D eigenvalue weighted by molar-refractivity contribution is 0.543. The monoisotopic (exact) mass is 288 g/mol. The van der Waals surface area contributed by atoms with Crippen molar-refractivity contribution < 1.29 is 21.6 Å². The van der Waals surface area contributed by atoms with Gasteiger partial charge in [0, 0.05) is 18.2 Å². The third kappa shape index (κ3) is 2.91. The lowest BCUT2D eigenvalue weighted by Gasteiger charge is -2.08. The first-order valence-electron chi connectivity index (χ1n) is 5.15. The summed E-state index contributed by atoms with van der Waals surface area (Å²) in [5, 5.41) is 0. The summed E-state index contributed by atoms with van der Waals surface area (Å²) in [7, 11) is -4.12. The molecule has 0 saturated carbocycles. The zero-order valence-electron chi connectivity index (χ0n) is 9.56. The molecule has 8 heteroatoms. The van der Waals surface area contributed by atoms with E-state index in [1.165, 1.54) is 12.5 Å². The summed E-state index contributed by atoms with van der Waals surface area (Å²) >= 11 is 0. The lowest BCUT2D eigenvalue weighted by Crippen LogP contribution is -2.24. The molecular weight excluding hydrogens is 278 g/mol. The van der Waals surface area contributed by atoms with Crippen LogP contribution in [0.25, 0.3) is 0 Å². The van der Waals surface area contributed by atoms with Crippen LogP contribution in [0, 0.1) is 11.6 Å². The fourth-order valence-corrected chi connectivity index (χ4v) is 2.51. The Morgan fingerprint density at radius 1 is 1.26 bits per heavy atom. The molecule has 5 nitrogen and oxygen atoms in total. The highest BCUT2D eigenvalue weighted by atomic mass is 32.2. The molecule has 102 valence electrons. The summed E-state index contributed by atoms with van der Waals surface area (Å²) in [4.78, 5) is -0.699. The number of rotatable bonds is 4. The van der Waals surface area contributed by atoms with Gasteiger partial charge in [0.25, 0.3) is 0 Å². The minimum Gasteiger partial charge on any atom is -0.472 e. The Bertz CT molecular complexity index is 684. The summed E-state index contributed by atoms with van der Waals surface area (Å²) in [6.07, 6.45) is 2.72. The van der Waals surface area contributed by atoms with Crippen molar-refractivity contribution in [3.63, 3.8) is 0 Å². The van der Waals surface area contributed by atoms with Crippen molar-refractivity contribution in [1.82, 2.24) is 4.72 Å². The molecule has 1 aromatic carbocycles. The third-order valence-electron chi connectivity index (χ3n) is 2.39. The van der Waals surface area contributed by atoms with Crippen LogP contribution in [0.15, 0.2) is 40.0 Å². The molecule has 2 rings (SSSR count). The molecule has 0 saturated heterocycles. The van der Waals surface area contributed by atoms with Crippen molar-refractivity contribution in [3.8, 4) is 0 Å². The molecule has 19 heavy (non-hydrogen) atoms. The highest BCUT2D eigenvalue weighted by Gasteiger charge is 2.21. The van der Waals surface area contributed by atoms with Crippen LogP contribution in [0.4, 0.5) is 14.5 Å². The fourth-order valence-electron chi connectivity index (χ4n) is 1.40. The van der Waals surface area contributed by atoms with Gasteiger partial charge in [-0.3, -0.25) is 0 Å². The number of hydrogen-bond acceptors (Lipinski definition) is 4. The molecule has 1 aromatic heterocycles. The molecule has 0 atom stereocenters. The predicted octanol–water partition coefficient (Wildman–Crippen LogP) is 1.62. The van der Waals surface area contributed by atoms with Crippen molar-refractivity contribution in [2.45, 2.75) is 11.4 Å². The number of halogens is 2. The van der Waals surface area contributed by atoms with Crippen LogP contribution in [0.1, 0.15) is 5.56 Å². The van der Waals surface area contributed by atoms with Crippen LogP contribution in [-0.4, -0.2) is 8.42 Å². The van der Waals surface area contributed by atoms with Crippen LogP contribution < -0.4 is 10.5 Å². The molecule has 0 aliphatic carbocycles. The van der Waals surface area contributed by atoms with Crippen LogP contribution in [0.5, 0.6) is 0 Å². The Hall–Kier alpha value is -1.93. The van der Waals surface area contributed by atoms with E-state index in [9.17, 15) is 17.2 Å². The standard InChI is InChI=1S/C11H10F2N2O3S/c12-8-3-9(13)11(4-10(8)14)19(16,17)15-5-7-1-2-18-6-7/h1-4,6,15H,5,14H2. The lowest BCUT2D eigenvalue weighted by atomic mass is 10.3. The topological polar surface area (TPSA) is 85.3 Å². The van der Waals surface area contributed by atoms with Gasteiger partial charge in [-0.25, -0.2) is 21.9 Å². The molecule has 0 aliphatic rings. The fraction of sp³-hybridized carbons (Fsp3) is 0.0909. The average molecular weight is 288 g/mol. The van der Waals surface area contributed by atoms with Gasteiger partial charge >= 0.3 is 0 Å². The van der Waals surface area contributed by atoms with Crippen molar-refractivity contribution in [3.05, 3.63) is 47.9 Å². The van der Waals surface area contributed by atoms with Gasteiger partial charge in [-0.05, 0) is 12.1 Å². The van der Waals surface area contributed by atoms with Gasteiger partial charge in [0.15, 0.2) is 0 Å². The van der Waals surface area contributed by atoms with Gasteiger partial charge < -0.3 is 10.2 Å². The maximum atomic E-state index is 13.5. The van der Waals surface area contributed by atoms with Crippen molar-refractivity contribution in [2.24, 2.45) is 0 Å². The highest BCUT2D eigenvalue weighted by Crippen LogP contribution is 2.21. The molecule has 2 aromatic rings. The second kappa shape index (κ2) is 4.98. The molecule has 0 bridgehead atoms. The first kappa shape index (κ1) is 13.5. The van der Waals surface area contributed by atoms with E-state index in [1.54, 1.807) is 6.07 Å². The minimum absolute atomic E-state index is 0.0739. The van der Waals surface area contributed by atoms with Gasteiger partial charge in [0.05, 0.1) is 18.2 Å². The van der Waals surface area contributed by atoms with E-state index in [0.717, 1.165) is 6.07 Å². The first-order chi connectivity index (χ1) is 8.90. The maximum Gasteiger partial charge on any atom is 0.243 e. The predicted molar refractivity (Wildman–Crippen MR) is 63.5 cm³/mol. The number of hydrogen-bond donors (Lipinski definition) is 2. The van der Waals surface area contributed by atoms with Crippen molar-refractivity contribution >= 4 is 15.7 Å². The number of sulfonamides is 1. The molecule has 0 radical (unpaired) electrons. The highest BCUT2D eigenvalue weighted by molar-refractivity contribution is 7.89. The molecule has 1 heterocycles. The Morgan fingerprint density at radius 2 is 2.00 bits per heavy atom. The number of nitrogens with two attached hydrogens (primary N) is 1. The summed E-state index contributed by atoms with van der Waals surface area (Å²) in [5.41, 5.74) is 5.36. The van der Waals surface area contributed by atoms with Gasteiger partial charge in [0.1, 0.15) is 16.5 Å². The number of anilines is 1. The van der Waals surface area contributed by atoms with E-state index in [1.807, 2.05) is 0 Å². The minimum atomic E-state index is -4.12. The first-order valence-corrected chi connectivity index (χ1v) is 6.64. The number of furan rings is 1. The Morgan fingerprint density at radius 3 is 2.63 bits per heavy atom. The molecule has 0 unspecified atom stereocenters. The zero-order chi connectivity index (χ0) is 14.0. The zero-order valence-corrected chi connectivity index (χ0v) is 10.4.